The normalized spacial score (nSPS) is 12.9. The third-order valence-electron chi connectivity index (χ3n) is 5.31. The molecule has 1 N–H and O–H groups in total. The molecule has 0 unspecified atom stereocenters. The lowest BCUT2D eigenvalue weighted by Crippen LogP contribution is -2.40. The number of carbonyl (C=O) groups is 1. The van der Waals surface area contributed by atoms with E-state index in [9.17, 15) is 9.59 Å². The summed E-state index contributed by atoms with van der Waals surface area (Å²) in [5, 5.41) is 16.6. The van der Waals surface area contributed by atoms with Gasteiger partial charge >= 0.3 is 0 Å². The predicted molar refractivity (Wildman–Crippen MR) is 114 cm³/mol. The molecule has 0 fully saturated rings. The van der Waals surface area contributed by atoms with E-state index in [0.717, 1.165) is 11.1 Å². The summed E-state index contributed by atoms with van der Waals surface area (Å²) < 4.78 is 7.49. The van der Waals surface area contributed by atoms with E-state index in [0.29, 0.717) is 53.0 Å². The number of benzene rings is 1. The first-order valence-corrected chi connectivity index (χ1v) is 10.1. The molecule has 0 spiro atoms. The lowest BCUT2D eigenvalue weighted by Gasteiger charge is -2.28. The van der Waals surface area contributed by atoms with E-state index in [1.54, 1.807) is 47.8 Å². The molecule has 3 aromatic rings. The lowest BCUT2D eigenvalue weighted by molar-refractivity contribution is -0.131. The number of amides is 1. The van der Waals surface area contributed by atoms with Gasteiger partial charge < -0.3 is 14.2 Å². The first-order valence-electron chi connectivity index (χ1n) is 9.73. The summed E-state index contributed by atoms with van der Waals surface area (Å²) in [6.45, 7) is 2.66. The predicted octanol–water partition coefficient (Wildman–Crippen LogP) is 2.86. The molecular formula is C22H20ClN5O3. The zero-order valence-electron chi connectivity index (χ0n) is 17.1. The molecule has 4 rings (SSSR count). The summed E-state index contributed by atoms with van der Waals surface area (Å²) >= 11 is 6.06. The Balaban J connectivity index is 1.52. The second-order valence-electron chi connectivity index (χ2n) is 7.49. The minimum Gasteiger partial charge on any atom is -0.453 e. The van der Waals surface area contributed by atoms with Gasteiger partial charge in [-0.15, -0.1) is 0 Å². The van der Waals surface area contributed by atoms with Crippen molar-refractivity contribution in [1.29, 1.82) is 5.26 Å². The number of nitriles is 1. The van der Waals surface area contributed by atoms with Crippen LogP contribution in [0.2, 0.25) is 5.02 Å². The molecule has 0 aliphatic carbocycles. The Bertz CT molecular complexity index is 1270. The zero-order valence-corrected chi connectivity index (χ0v) is 17.9. The van der Waals surface area contributed by atoms with Gasteiger partial charge in [-0.1, -0.05) is 11.6 Å². The first-order chi connectivity index (χ1) is 14.9. The average molecular weight is 438 g/mol. The van der Waals surface area contributed by atoms with Crippen LogP contribution in [-0.2, 0) is 31.2 Å². The molecule has 1 aromatic carbocycles. The number of hydrogen-bond acceptors (Lipinski definition) is 5. The maximum absolute atomic E-state index is 13.0. The van der Waals surface area contributed by atoms with Gasteiger partial charge in [-0.25, -0.2) is 0 Å². The fraction of sp³-hybridized carbons (Fsp3) is 0.273. The van der Waals surface area contributed by atoms with Crippen molar-refractivity contribution in [3.8, 4) is 17.6 Å². The van der Waals surface area contributed by atoms with Gasteiger partial charge in [0.2, 0.25) is 5.91 Å². The van der Waals surface area contributed by atoms with Crippen molar-refractivity contribution in [2.45, 2.75) is 26.3 Å². The second kappa shape index (κ2) is 8.28. The third kappa shape index (κ3) is 4.18. The highest BCUT2D eigenvalue weighted by molar-refractivity contribution is 6.30. The number of pyridine rings is 1. The van der Waals surface area contributed by atoms with Crippen LogP contribution in [0.1, 0.15) is 28.1 Å². The molecule has 0 radical (unpaired) electrons. The van der Waals surface area contributed by atoms with Crippen molar-refractivity contribution < 1.29 is 9.53 Å². The summed E-state index contributed by atoms with van der Waals surface area (Å²) in [5.74, 6) is 0.724. The van der Waals surface area contributed by atoms with Crippen LogP contribution in [0.3, 0.4) is 0 Å². The minimum absolute atomic E-state index is 0.0125. The lowest BCUT2D eigenvalue weighted by atomic mass is 10.0. The van der Waals surface area contributed by atoms with E-state index >= 15 is 0 Å². The van der Waals surface area contributed by atoms with Crippen molar-refractivity contribution >= 4 is 17.5 Å². The second-order valence-corrected chi connectivity index (χ2v) is 7.93. The van der Waals surface area contributed by atoms with Gasteiger partial charge in [0.25, 0.3) is 5.56 Å². The van der Waals surface area contributed by atoms with Crippen LogP contribution in [0, 0.1) is 18.3 Å². The van der Waals surface area contributed by atoms with Crippen LogP contribution in [0.25, 0.3) is 0 Å². The van der Waals surface area contributed by atoms with Crippen LogP contribution in [0.15, 0.2) is 35.3 Å². The topological polar surface area (TPSA) is 104 Å². The SMILES string of the molecule is Cc1[nH]nc(CC(=O)N2CCc3c(ccn(C)c3=O)C2)c1Oc1cc(Cl)cc(C#N)c1. The number of aromatic nitrogens is 3. The Morgan fingerprint density at radius 2 is 2.19 bits per heavy atom. The van der Waals surface area contributed by atoms with Gasteiger partial charge in [0.1, 0.15) is 11.4 Å². The van der Waals surface area contributed by atoms with Crippen molar-refractivity contribution in [3.63, 3.8) is 0 Å². The van der Waals surface area contributed by atoms with E-state index in [4.69, 9.17) is 21.6 Å². The van der Waals surface area contributed by atoms with E-state index < -0.39 is 0 Å². The molecule has 1 aliphatic heterocycles. The monoisotopic (exact) mass is 437 g/mol. The fourth-order valence-electron chi connectivity index (χ4n) is 3.66. The summed E-state index contributed by atoms with van der Waals surface area (Å²) in [4.78, 5) is 27.0. The smallest absolute Gasteiger partial charge is 0.253 e. The number of ether oxygens (including phenoxy) is 1. The Morgan fingerprint density at radius 1 is 1.39 bits per heavy atom. The molecule has 0 saturated carbocycles. The summed E-state index contributed by atoms with van der Waals surface area (Å²) in [6.07, 6.45) is 2.29. The van der Waals surface area contributed by atoms with E-state index in [2.05, 4.69) is 10.2 Å². The van der Waals surface area contributed by atoms with Crippen LogP contribution < -0.4 is 10.3 Å². The zero-order chi connectivity index (χ0) is 22.1. The number of rotatable bonds is 4. The number of fused-ring (bicyclic) bond motifs is 1. The molecule has 0 bridgehead atoms. The van der Waals surface area contributed by atoms with Crippen molar-refractivity contribution in [1.82, 2.24) is 19.7 Å². The van der Waals surface area contributed by atoms with Crippen LogP contribution >= 0.6 is 11.6 Å². The number of aryl methyl sites for hydroxylation is 2. The van der Waals surface area contributed by atoms with Gasteiger partial charge in [-0.05, 0) is 43.2 Å². The Hall–Kier alpha value is -3.57. The van der Waals surface area contributed by atoms with Crippen molar-refractivity contribution in [3.05, 3.63) is 73.9 Å². The Kier molecular flexibility index (Phi) is 5.53. The quantitative estimate of drug-likeness (QED) is 0.675. The minimum atomic E-state index is -0.105. The molecule has 9 heteroatoms. The number of halogens is 1. The van der Waals surface area contributed by atoms with Crippen molar-refractivity contribution in [2.75, 3.05) is 6.54 Å². The largest absolute Gasteiger partial charge is 0.453 e. The number of aromatic amines is 1. The van der Waals surface area contributed by atoms with Crippen LogP contribution in [-0.4, -0.2) is 32.1 Å². The van der Waals surface area contributed by atoms with E-state index in [-0.39, 0.29) is 17.9 Å². The highest BCUT2D eigenvalue weighted by Gasteiger charge is 2.25. The van der Waals surface area contributed by atoms with Crippen molar-refractivity contribution in [2.24, 2.45) is 7.05 Å². The summed E-state index contributed by atoms with van der Waals surface area (Å²) in [5.41, 5.74) is 3.13. The number of nitrogens with zero attached hydrogens (tertiary/aromatic N) is 4. The molecule has 8 nitrogen and oxygen atoms in total. The summed E-state index contributed by atoms with van der Waals surface area (Å²) in [7, 11) is 1.72. The first kappa shape index (κ1) is 20.7. The van der Waals surface area contributed by atoms with Gasteiger partial charge in [0.15, 0.2) is 5.75 Å². The molecule has 158 valence electrons. The number of H-pyrrole nitrogens is 1. The van der Waals surface area contributed by atoms with Gasteiger partial charge in [-0.2, -0.15) is 10.4 Å². The van der Waals surface area contributed by atoms with Crippen LogP contribution in [0.5, 0.6) is 11.5 Å². The molecular weight excluding hydrogens is 418 g/mol. The van der Waals surface area contributed by atoms with Gasteiger partial charge in [0, 0.05) is 36.9 Å². The Morgan fingerprint density at radius 3 is 2.97 bits per heavy atom. The summed E-state index contributed by atoms with van der Waals surface area (Å²) in [6, 6.07) is 8.64. The molecule has 3 heterocycles. The molecule has 2 aromatic heterocycles. The molecule has 1 amide bonds. The van der Waals surface area contributed by atoms with Crippen LogP contribution in [0.4, 0.5) is 0 Å². The fourth-order valence-corrected chi connectivity index (χ4v) is 3.89. The standard InChI is InChI=1S/C22H20ClN5O3/c1-13-21(31-17-8-14(11-24)7-16(23)9-17)19(26-25-13)10-20(29)28-6-4-18-15(12-28)3-5-27(2)22(18)30/h3,5,7-9H,4,6,10,12H2,1-2H3,(H,25,26). The maximum atomic E-state index is 13.0. The number of carbonyl (C=O) groups excluding carboxylic acids is 1. The highest BCUT2D eigenvalue weighted by Crippen LogP contribution is 2.30. The third-order valence-corrected chi connectivity index (χ3v) is 5.53. The number of nitrogens with one attached hydrogen (secondary N) is 1. The maximum Gasteiger partial charge on any atom is 0.253 e. The van der Waals surface area contributed by atoms with Gasteiger partial charge in [0.05, 0.1) is 23.7 Å². The number of hydrogen-bond donors (Lipinski definition) is 1. The Labute approximate surface area is 183 Å². The van der Waals surface area contributed by atoms with E-state index in [1.165, 1.54) is 0 Å². The highest BCUT2D eigenvalue weighted by atomic mass is 35.5. The van der Waals surface area contributed by atoms with E-state index in [1.807, 2.05) is 12.1 Å². The van der Waals surface area contributed by atoms with Gasteiger partial charge in [-0.3, -0.25) is 14.7 Å². The molecule has 1 aliphatic rings. The average Bonchev–Trinajstić information content (AvgIpc) is 3.09. The molecule has 0 atom stereocenters. The molecule has 0 saturated heterocycles. The molecule has 31 heavy (non-hydrogen) atoms.